The number of hydrogen-bond acceptors (Lipinski definition) is 5. The van der Waals surface area contributed by atoms with Gasteiger partial charge in [-0.25, -0.2) is 0 Å². The van der Waals surface area contributed by atoms with Crippen molar-refractivity contribution in [3.63, 3.8) is 0 Å². The van der Waals surface area contributed by atoms with E-state index in [0.29, 0.717) is 13.1 Å². The number of nitrogens with zero attached hydrogens (tertiary/aromatic N) is 2. The fourth-order valence-corrected chi connectivity index (χ4v) is 2.41. The number of aliphatic carboxylic acids is 1. The second-order valence-corrected chi connectivity index (χ2v) is 5.52. The zero-order valence-electron chi connectivity index (χ0n) is 10.5. The minimum Gasteiger partial charge on any atom is -0.480 e. The van der Waals surface area contributed by atoms with Gasteiger partial charge in [0.25, 0.3) is 0 Å². The van der Waals surface area contributed by atoms with Gasteiger partial charge < -0.3 is 5.11 Å². The monoisotopic (exact) mass is 272 g/mol. The Morgan fingerprint density at radius 2 is 2.17 bits per heavy atom. The van der Waals surface area contributed by atoms with Gasteiger partial charge >= 0.3 is 11.0 Å². The summed E-state index contributed by atoms with van der Waals surface area (Å²) in [5, 5.41) is 19.8. The molecule has 1 aromatic heterocycles. The van der Waals surface area contributed by atoms with E-state index in [1.807, 2.05) is 6.92 Å². The summed E-state index contributed by atoms with van der Waals surface area (Å²) in [6.45, 7) is 6.08. The molecule has 0 radical (unpaired) electrons. The molecule has 1 heterocycles. The predicted octanol–water partition coefficient (Wildman–Crippen LogP) is 2.34. The topological polar surface area (TPSA) is 83.7 Å². The molecule has 0 fully saturated rings. The quantitative estimate of drug-likeness (QED) is 0.634. The van der Waals surface area contributed by atoms with Crippen molar-refractivity contribution in [1.29, 1.82) is 0 Å². The van der Waals surface area contributed by atoms with Crippen LogP contribution >= 0.6 is 11.3 Å². The molecule has 1 rings (SSSR count). The summed E-state index contributed by atoms with van der Waals surface area (Å²) in [5.41, 5.74) is -0.993. The Balaban J connectivity index is 2.86. The largest absolute Gasteiger partial charge is 0.480 e. The van der Waals surface area contributed by atoms with Crippen molar-refractivity contribution < 1.29 is 14.8 Å². The van der Waals surface area contributed by atoms with Crippen molar-refractivity contribution in [1.82, 2.24) is 4.90 Å². The Morgan fingerprint density at radius 1 is 1.56 bits per heavy atom. The Bertz CT molecular complexity index is 456. The van der Waals surface area contributed by atoms with Gasteiger partial charge in [-0.3, -0.25) is 19.8 Å². The van der Waals surface area contributed by atoms with Crippen LogP contribution in [0, 0.1) is 10.1 Å². The van der Waals surface area contributed by atoms with E-state index in [1.165, 1.54) is 6.07 Å². The molecule has 0 amide bonds. The van der Waals surface area contributed by atoms with Crippen LogP contribution in [-0.4, -0.2) is 33.0 Å². The van der Waals surface area contributed by atoms with Crippen molar-refractivity contribution >= 4 is 22.3 Å². The predicted molar refractivity (Wildman–Crippen MR) is 68.8 cm³/mol. The van der Waals surface area contributed by atoms with Crippen LogP contribution in [0.5, 0.6) is 0 Å². The first-order valence-corrected chi connectivity index (χ1v) is 6.32. The third kappa shape index (κ3) is 3.05. The van der Waals surface area contributed by atoms with Gasteiger partial charge in [0, 0.05) is 17.5 Å². The number of likely N-dealkylation sites (N-methyl/N-ethyl adjacent to an activating group) is 1. The van der Waals surface area contributed by atoms with E-state index in [2.05, 4.69) is 0 Å². The summed E-state index contributed by atoms with van der Waals surface area (Å²) in [5.74, 6) is -0.907. The Morgan fingerprint density at radius 3 is 2.56 bits per heavy atom. The number of carboxylic acid groups (broad SMARTS) is 1. The lowest BCUT2D eigenvalue weighted by Gasteiger charge is -2.33. The zero-order chi connectivity index (χ0) is 13.9. The molecule has 100 valence electrons. The summed E-state index contributed by atoms with van der Waals surface area (Å²) >= 11 is 1.08. The van der Waals surface area contributed by atoms with Crippen LogP contribution in [0.4, 0.5) is 5.00 Å². The Hall–Kier alpha value is -1.47. The van der Waals surface area contributed by atoms with E-state index >= 15 is 0 Å². The second kappa shape index (κ2) is 5.45. The minimum absolute atomic E-state index is 0.0779. The molecular formula is C11H16N2O4S. The van der Waals surface area contributed by atoms with Gasteiger partial charge in [0.2, 0.25) is 0 Å². The Kier molecular flexibility index (Phi) is 4.42. The van der Waals surface area contributed by atoms with E-state index in [-0.39, 0.29) is 5.00 Å². The maximum atomic E-state index is 11.2. The number of thiophene rings is 1. The fraction of sp³-hybridized carbons (Fsp3) is 0.545. The molecule has 0 aliphatic carbocycles. The number of carboxylic acids is 1. The highest BCUT2D eigenvalue weighted by atomic mass is 32.1. The highest BCUT2D eigenvalue weighted by Gasteiger charge is 2.33. The van der Waals surface area contributed by atoms with Crippen molar-refractivity contribution in [2.24, 2.45) is 0 Å². The van der Waals surface area contributed by atoms with Gasteiger partial charge in [0.05, 0.1) is 4.92 Å². The van der Waals surface area contributed by atoms with Crippen LogP contribution in [-0.2, 0) is 11.3 Å². The number of rotatable bonds is 6. The van der Waals surface area contributed by atoms with E-state index in [4.69, 9.17) is 5.11 Å². The van der Waals surface area contributed by atoms with Gasteiger partial charge in [0.1, 0.15) is 5.54 Å². The maximum Gasteiger partial charge on any atom is 0.324 e. The van der Waals surface area contributed by atoms with Crippen molar-refractivity contribution in [2.75, 3.05) is 6.54 Å². The van der Waals surface area contributed by atoms with Crippen LogP contribution in [0.2, 0.25) is 0 Å². The molecule has 7 heteroatoms. The van der Waals surface area contributed by atoms with Gasteiger partial charge in [-0.05, 0) is 26.5 Å². The first-order valence-electron chi connectivity index (χ1n) is 5.50. The van der Waals surface area contributed by atoms with Crippen molar-refractivity contribution in [2.45, 2.75) is 32.9 Å². The first-order chi connectivity index (χ1) is 8.28. The molecule has 0 aliphatic rings. The molecule has 0 atom stereocenters. The lowest BCUT2D eigenvalue weighted by Crippen LogP contribution is -2.49. The molecule has 0 unspecified atom stereocenters. The minimum atomic E-state index is -0.993. The van der Waals surface area contributed by atoms with E-state index in [1.54, 1.807) is 24.8 Å². The highest BCUT2D eigenvalue weighted by molar-refractivity contribution is 7.15. The van der Waals surface area contributed by atoms with Crippen LogP contribution < -0.4 is 0 Å². The van der Waals surface area contributed by atoms with Crippen LogP contribution in [0.1, 0.15) is 25.6 Å². The molecule has 6 nitrogen and oxygen atoms in total. The lowest BCUT2D eigenvalue weighted by molar-refractivity contribution is -0.380. The molecule has 0 spiro atoms. The molecule has 0 bridgehead atoms. The first kappa shape index (κ1) is 14.6. The van der Waals surface area contributed by atoms with E-state index in [0.717, 1.165) is 16.2 Å². The van der Waals surface area contributed by atoms with Gasteiger partial charge in [-0.2, -0.15) is 0 Å². The maximum absolute atomic E-state index is 11.2. The number of nitro groups is 1. The zero-order valence-corrected chi connectivity index (χ0v) is 11.4. The number of carbonyl (C=O) groups is 1. The average molecular weight is 272 g/mol. The molecule has 18 heavy (non-hydrogen) atoms. The van der Waals surface area contributed by atoms with Crippen molar-refractivity contribution in [3.8, 4) is 0 Å². The summed E-state index contributed by atoms with van der Waals surface area (Å²) < 4.78 is 0. The highest BCUT2D eigenvalue weighted by Crippen LogP contribution is 2.27. The van der Waals surface area contributed by atoms with Crippen molar-refractivity contribution in [3.05, 3.63) is 27.1 Å². The van der Waals surface area contributed by atoms with Crippen LogP contribution in [0.25, 0.3) is 0 Å². The average Bonchev–Trinajstić information content (AvgIpc) is 2.73. The fourth-order valence-electron chi connectivity index (χ4n) is 1.58. The summed E-state index contributed by atoms with van der Waals surface area (Å²) in [6, 6.07) is 3.12. The molecule has 0 aromatic carbocycles. The molecular weight excluding hydrogens is 256 g/mol. The van der Waals surface area contributed by atoms with Crippen LogP contribution in [0.3, 0.4) is 0 Å². The standard InChI is InChI=1S/C11H16N2O4S/c1-4-12(11(2,3)10(14)15)7-8-5-6-9(18-8)13(16)17/h5-6H,4,7H2,1-3H3,(H,14,15). The molecule has 0 aliphatic heterocycles. The number of hydrogen-bond donors (Lipinski definition) is 1. The van der Waals surface area contributed by atoms with Gasteiger partial charge in [-0.1, -0.05) is 18.3 Å². The summed E-state index contributed by atoms with van der Waals surface area (Å²) in [7, 11) is 0. The molecule has 0 saturated heterocycles. The lowest BCUT2D eigenvalue weighted by atomic mass is 10.0. The van der Waals surface area contributed by atoms with E-state index < -0.39 is 16.4 Å². The molecule has 1 aromatic rings. The Labute approximate surface area is 109 Å². The molecule has 0 saturated carbocycles. The molecule has 1 N–H and O–H groups in total. The smallest absolute Gasteiger partial charge is 0.324 e. The normalized spacial score (nSPS) is 11.8. The second-order valence-electron chi connectivity index (χ2n) is 4.38. The SMILES string of the molecule is CCN(Cc1ccc([N+](=O)[O-])s1)C(C)(C)C(=O)O. The van der Waals surface area contributed by atoms with Crippen LogP contribution in [0.15, 0.2) is 12.1 Å². The third-order valence-electron chi connectivity index (χ3n) is 2.87. The van der Waals surface area contributed by atoms with Gasteiger partial charge in [0.15, 0.2) is 0 Å². The van der Waals surface area contributed by atoms with Gasteiger partial charge in [-0.15, -0.1) is 0 Å². The van der Waals surface area contributed by atoms with E-state index in [9.17, 15) is 14.9 Å². The summed E-state index contributed by atoms with van der Waals surface area (Å²) in [6.07, 6.45) is 0. The summed E-state index contributed by atoms with van der Waals surface area (Å²) in [4.78, 5) is 23.9. The third-order valence-corrected chi connectivity index (χ3v) is 3.89.